The monoisotopic (exact) mass is 196 g/mol. The summed E-state index contributed by atoms with van der Waals surface area (Å²) in [5, 5.41) is 9.77. The molecule has 13 heavy (non-hydrogen) atoms. The summed E-state index contributed by atoms with van der Waals surface area (Å²) in [5.41, 5.74) is 2.64. The molecule has 70 valence electrons. The van der Waals surface area contributed by atoms with Crippen LogP contribution in [0.2, 0.25) is 5.02 Å². The molecule has 0 spiro atoms. The summed E-state index contributed by atoms with van der Waals surface area (Å²) < 4.78 is 0. The van der Waals surface area contributed by atoms with Crippen molar-refractivity contribution >= 4 is 11.6 Å². The van der Waals surface area contributed by atoms with Crippen molar-refractivity contribution in [2.75, 3.05) is 6.61 Å². The van der Waals surface area contributed by atoms with E-state index in [0.29, 0.717) is 5.92 Å². The van der Waals surface area contributed by atoms with Crippen molar-refractivity contribution in [2.24, 2.45) is 0 Å². The fourth-order valence-corrected chi connectivity index (χ4v) is 2.52. The summed E-state index contributed by atoms with van der Waals surface area (Å²) in [6, 6.07) is 6.08. The Morgan fingerprint density at radius 3 is 3.08 bits per heavy atom. The number of halogens is 1. The van der Waals surface area contributed by atoms with Gasteiger partial charge in [-0.05, 0) is 42.4 Å². The summed E-state index contributed by atoms with van der Waals surface area (Å²) in [5.74, 6) is 0.480. The third kappa shape index (κ3) is 1.59. The Morgan fingerprint density at radius 1 is 1.46 bits per heavy atom. The molecule has 1 atom stereocenters. The van der Waals surface area contributed by atoms with Gasteiger partial charge in [-0.15, -0.1) is 0 Å². The number of hydrogen-bond acceptors (Lipinski definition) is 1. The van der Waals surface area contributed by atoms with E-state index in [0.717, 1.165) is 24.3 Å². The van der Waals surface area contributed by atoms with Crippen LogP contribution in [0, 0.1) is 0 Å². The van der Waals surface area contributed by atoms with Gasteiger partial charge < -0.3 is 5.11 Å². The van der Waals surface area contributed by atoms with Gasteiger partial charge in [0.1, 0.15) is 0 Å². The van der Waals surface area contributed by atoms with Gasteiger partial charge in [-0.1, -0.05) is 23.7 Å². The molecule has 1 aromatic carbocycles. The average molecular weight is 197 g/mol. The smallest absolute Gasteiger partial charge is 0.0443 e. The lowest BCUT2D eigenvalue weighted by molar-refractivity contribution is 0.275. The molecule has 1 aliphatic carbocycles. The molecule has 2 heteroatoms. The molecule has 0 fully saturated rings. The summed E-state index contributed by atoms with van der Waals surface area (Å²) in [6.07, 6.45) is 3.09. The van der Waals surface area contributed by atoms with Crippen molar-refractivity contribution in [1.82, 2.24) is 0 Å². The zero-order chi connectivity index (χ0) is 9.26. The zero-order valence-electron chi connectivity index (χ0n) is 7.46. The minimum Gasteiger partial charge on any atom is -0.396 e. The van der Waals surface area contributed by atoms with Gasteiger partial charge in [0.25, 0.3) is 0 Å². The van der Waals surface area contributed by atoms with Crippen LogP contribution in [0.3, 0.4) is 0 Å². The van der Waals surface area contributed by atoms with Crippen LogP contribution >= 0.6 is 11.6 Å². The van der Waals surface area contributed by atoms with Crippen molar-refractivity contribution in [2.45, 2.75) is 25.2 Å². The molecule has 0 aliphatic heterocycles. The summed E-state index contributed by atoms with van der Waals surface area (Å²) in [6.45, 7) is 0.259. The van der Waals surface area contributed by atoms with E-state index in [1.54, 1.807) is 0 Å². The van der Waals surface area contributed by atoms with Gasteiger partial charge in [-0.2, -0.15) is 0 Å². The molecule has 0 saturated heterocycles. The first-order valence-corrected chi connectivity index (χ1v) is 5.09. The lowest BCUT2D eigenvalue weighted by Gasteiger charge is -2.10. The molecule has 0 saturated carbocycles. The molecule has 0 amide bonds. The number of aliphatic hydroxyl groups excluding tert-OH is 1. The predicted molar refractivity (Wildman–Crippen MR) is 54.2 cm³/mol. The van der Waals surface area contributed by atoms with Gasteiger partial charge >= 0.3 is 0 Å². The van der Waals surface area contributed by atoms with E-state index in [2.05, 4.69) is 6.07 Å². The second kappa shape index (κ2) is 3.69. The van der Waals surface area contributed by atoms with E-state index in [1.807, 2.05) is 12.1 Å². The lowest BCUT2D eigenvalue weighted by atomic mass is 9.98. The van der Waals surface area contributed by atoms with Gasteiger partial charge in [0.05, 0.1) is 0 Å². The van der Waals surface area contributed by atoms with Crippen LogP contribution in [0.1, 0.15) is 29.9 Å². The molecule has 1 aliphatic rings. The molecule has 2 rings (SSSR count). The maximum absolute atomic E-state index is 8.90. The first kappa shape index (κ1) is 9.04. The van der Waals surface area contributed by atoms with E-state index in [1.165, 1.54) is 11.1 Å². The van der Waals surface area contributed by atoms with Crippen molar-refractivity contribution in [3.05, 3.63) is 34.3 Å². The third-order valence-corrected chi connectivity index (χ3v) is 3.12. The minimum atomic E-state index is 0.259. The zero-order valence-corrected chi connectivity index (χ0v) is 8.22. The average Bonchev–Trinajstić information content (AvgIpc) is 2.51. The van der Waals surface area contributed by atoms with Crippen LogP contribution in [-0.4, -0.2) is 11.7 Å². The number of rotatable bonds is 2. The highest BCUT2D eigenvalue weighted by Crippen LogP contribution is 2.39. The standard InChI is InChI=1S/C11H13ClO/c12-10-3-1-2-8-4-5-9(6-7-13)11(8)10/h1-3,9,13H,4-7H2. The van der Waals surface area contributed by atoms with Crippen molar-refractivity contribution in [1.29, 1.82) is 0 Å². The number of hydrogen-bond donors (Lipinski definition) is 1. The summed E-state index contributed by atoms with van der Waals surface area (Å²) in [7, 11) is 0. The minimum absolute atomic E-state index is 0.259. The Hall–Kier alpha value is -0.530. The highest BCUT2D eigenvalue weighted by atomic mass is 35.5. The van der Waals surface area contributed by atoms with Crippen molar-refractivity contribution in [3.8, 4) is 0 Å². The molecule has 1 nitrogen and oxygen atoms in total. The Bertz CT molecular complexity index is 307. The molecule has 0 heterocycles. The SMILES string of the molecule is OCCC1CCc2cccc(Cl)c21. The van der Waals surface area contributed by atoms with Crippen LogP contribution in [0.4, 0.5) is 0 Å². The van der Waals surface area contributed by atoms with Gasteiger partial charge in [0.2, 0.25) is 0 Å². The molecular weight excluding hydrogens is 184 g/mol. The fraction of sp³-hybridized carbons (Fsp3) is 0.455. The number of aryl methyl sites for hydroxylation is 1. The number of aliphatic hydroxyl groups is 1. The van der Waals surface area contributed by atoms with Crippen LogP contribution < -0.4 is 0 Å². The predicted octanol–water partition coefficient (Wildman–Crippen LogP) is 2.75. The first-order chi connectivity index (χ1) is 6.33. The molecule has 0 aromatic heterocycles. The largest absolute Gasteiger partial charge is 0.396 e. The molecule has 1 N–H and O–H groups in total. The molecule has 0 radical (unpaired) electrons. The Morgan fingerprint density at radius 2 is 2.31 bits per heavy atom. The van der Waals surface area contributed by atoms with Crippen LogP contribution in [-0.2, 0) is 6.42 Å². The topological polar surface area (TPSA) is 20.2 Å². The Labute approximate surface area is 83.3 Å². The van der Waals surface area contributed by atoms with E-state index in [-0.39, 0.29) is 6.61 Å². The molecule has 0 bridgehead atoms. The van der Waals surface area contributed by atoms with E-state index in [4.69, 9.17) is 16.7 Å². The number of benzene rings is 1. The lowest BCUT2D eigenvalue weighted by Crippen LogP contribution is -1.97. The van der Waals surface area contributed by atoms with Gasteiger partial charge in [0.15, 0.2) is 0 Å². The van der Waals surface area contributed by atoms with Gasteiger partial charge in [-0.3, -0.25) is 0 Å². The van der Waals surface area contributed by atoms with Crippen molar-refractivity contribution < 1.29 is 5.11 Å². The second-order valence-electron chi connectivity index (χ2n) is 3.56. The van der Waals surface area contributed by atoms with Crippen LogP contribution in [0.25, 0.3) is 0 Å². The first-order valence-electron chi connectivity index (χ1n) is 4.71. The third-order valence-electron chi connectivity index (χ3n) is 2.79. The van der Waals surface area contributed by atoms with Gasteiger partial charge in [0, 0.05) is 11.6 Å². The van der Waals surface area contributed by atoms with Crippen molar-refractivity contribution in [3.63, 3.8) is 0 Å². The van der Waals surface area contributed by atoms with E-state index < -0.39 is 0 Å². The molecule has 1 unspecified atom stereocenters. The normalized spacial score (nSPS) is 20.3. The highest BCUT2D eigenvalue weighted by molar-refractivity contribution is 6.31. The maximum atomic E-state index is 8.90. The van der Waals surface area contributed by atoms with E-state index in [9.17, 15) is 0 Å². The van der Waals surface area contributed by atoms with Crippen LogP contribution in [0.15, 0.2) is 18.2 Å². The highest BCUT2D eigenvalue weighted by Gasteiger charge is 2.23. The van der Waals surface area contributed by atoms with Crippen LogP contribution in [0.5, 0.6) is 0 Å². The summed E-state index contributed by atoms with van der Waals surface area (Å²) >= 11 is 6.12. The quantitative estimate of drug-likeness (QED) is 0.771. The molecule has 1 aromatic rings. The fourth-order valence-electron chi connectivity index (χ4n) is 2.18. The van der Waals surface area contributed by atoms with E-state index >= 15 is 0 Å². The molecular formula is C11H13ClO. The summed E-state index contributed by atoms with van der Waals surface area (Å²) in [4.78, 5) is 0. The Balaban J connectivity index is 2.34. The Kier molecular flexibility index (Phi) is 2.56. The maximum Gasteiger partial charge on any atom is 0.0443 e. The number of fused-ring (bicyclic) bond motifs is 1. The second-order valence-corrected chi connectivity index (χ2v) is 3.97. The van der Waals surface area contributed by atoms with Gasteiger partial charge in [-0.25, -0.2) is 0 Å².